The van der Waals surface area contributed by atoms with E-state index in [1.807, 2.05) is 11.8 Å². The highest BCUT2D eigenvalue weighted by Gasteiger charge is 2.20. The zero-order valence-electron chi connectivity index (χ0n) is 17.5. The van der Waals surface area contributed by atoms with E-state index in [4.69, 9.17) is 4.74 Å². The minimum absolute atomic E-state index is 0.0314. The maximum Gasteiger partial charge on any atom is 0.259 e. The summed E-state index contributed by atoms with van der Waals surface area (Å²) in [7, 11) is 0. The Morgan fingerprint density at radius 3 is 2.45 bits per heavy atom. The smallest absolute Gasteiger partial charge is 0.259 e. The summed E-state index contributed by atoms with van der Waals surface area (Å²) in [6.07, 6.45) is 3.60. The Hall–Kier alpha value is -3.75. The molecule has 0 radical (unpaired) electrons. The molecule has 9 nitrogen and oxygen atoms in total. The predicted molar refractivity (Wildman–Crippen MR) is 115 cm³/mol. The fraction of sp³-hybridized carbons (Fsp3) is 0.318. The van der Waals surface area contributed by atoms with Crippen LogP contribution in [-0.4, -0.2) is 56.4 Å². The molecule has 31 heavy (non-hydrogen) atoms. The molecule has 1 saturated heterocycles. The average molecular weight is 420 g/mol. The number of carbonyl (C=O) groups excluding carboxylic acids is 2. The van der Waals surface area contributed by atoms with E-state index in [1.54, 1.807) is 48.0 Å². The van der Waals surface area contributed by atoms with Crippen LogP contribution in [0.1, 0.15) is 46.2 Å². The van der Waals surface area contributed by atoms with Crippen LogP contribution in [-0.2, 0) is 0 Å². The van der Waals surface area contributed by atoms with Gasteiger partial charge in [-0.15, -0.1) is 10.2 Å². The van der Waals surface area contributed by atoms with Gasteiger partial charge in [0.25, 0.3) is 11.8 Å². The Kier molecular flexibility index (Phi) is 5.92. The van der Waals surface area contributed by atoms with Crippen molar-refractivity contribution >= 4 is 17.5 Å². The van der Waals surface area contributed by atoms with Gasteiger partial charge < -0.3 is 15.0 Å². The van der Waals surface area contributed by atoms with Gasteiger partial charge in [-0.1, -0.05) is 0 Å². The third-order valence-electron chi connectivity index (χ3n) is 5.17. The fourth-order valence-electron chi connectivity index (χ4n) is 3.51. The Balaban J connectivity index is 1.44. The van der Waals surface area contributed by atoms with Crippen LogP contribution < -0.4 is 10.1 Å². The highest BCUT2D eigenvalue weighted by molar-refractivity contribution is 6.05. The van der Waals surface area contributed by atoms with Gasteiger partial charge >= 0.3 is 0 Å². The summed E-state index contributed by atoms with van der Waals surface area (Å²) in [5, 5.41) is 15.2. The average Bonchev–Trinajstić information content (AvgIpc) is 3.45. The van der Waals surface area contributed by atoms with E-state index in [0.717, 1.165) is 25.9 Å². The van der Waals surface area contributed by atoms with Crippen LogP contribution >= 0.6 is 0 Å². The van der Waals surface area contributed by atoms with E-state index in [2.05, 4.69) is 20.6 Å². The van der Waals surface area contributed by atoms with Gasteiger partial charge in [0, 0.05) is 30.4 Å². The van der Waals surface area contributed by atoms with Gasteiger partial charge in [0.1, 0.15) is 0 Å². The fourth-order valence-corrected chi connectivity index (χ4v) is 3.51. The van der Waals surface area contributed by atoms with E-state index in [1.165, 1.54) is 6.20 Å². The molecular weight excluding hydrogens is 396 g/mol. The number of amides is 2. The molecule has 0 atom stereocenters. The normalized spacial score (nSPS) is 13.3. The summed E-state index contributed by atoms with van der Waals surface area (Å²) in [4.78, 5) is 27.1. The number of hydrogen-bond acceptors (Lipinski definition) is 6. The Bertz CT molecular complexity index is 1070. The molecule has 1 aliphatic rings. The van der Waals surface area contributed by atoms with Crippen molar-refractivity contribution in [1.82, 2.24) is 24.9 Å². The van der Waals surface area contributed by atoms with Crippen molar-refractivity contribution < 1.29 is 14.3 Å². The molecule has 0 unspecified atom stereocenters. The van der Waals surface area contributed by atoms with E-state index in [-0.39, 0.29) is 11.8 Å². The molecule has 160 valence electrons. The van der Waals surface area contributed by atoms with Crippen LogP contribution in [0.3, 0.4) is 0 Å². The van der Waals surface area contributed by atoms with Gasteiger partial charge in [-0.3, -0.25) is 9.59 Å². The molecular formula is C22H24N6O3. The van der Waals surface area contributed by atoms with Crippen molar-refractivity contribution in [2.24, 2.45) is 0 Å². The van der Waals surface area contributed by atoms with Crippen molar-refractivity contribution in [3.05, 3.63) is 59.4 Å². The highest BCUT2D eigenvalue weighted by atomic mass is 16.5. The molecule has 1 aliphatic heterocycles. The Labute approximate surface area is 180 Å². The first-order valence-electron chi connectivity index (χ1n) is 10.3. The van der Waals surface area contributed by atoms with Crippen LogP contribution in [0.15, 0.2) is 42.6 Å². The Morgan fingerprint density at radius 1 is 1.06 bits per heavy atom. The monoisotopic (exact) mass is 420 g/mol. The zero-order chi connectivity index (χ0) is 21.8. The molecule has 3 heterocycles. The number of nitrogens with one attached hydrogen (secondary N) is 1. The lowest BCUT2D eigenvalue weighted by Gasteiger charge is -2.15. The molecule has 2 amide bonds. The van der Waals surface area contributed by atoms with Crippen molar-refractivity contribution in [3.63, 3.8) is 0 Å². The number of nitrogens with zero attached hydrogens (tertiary/aromatic N) is 5. The molecule has 0 bridgehead atoms. The van der Waals surface area contributed by atoms with Crippen molar-refractivity contribution in [3.8, 4) is 11.7 Å². The lowest BCUT2D eigenvalue weighted by molar-refractivity contribution is 0.0792. The van der Waals surface area contributed by atoms with Gasteiger partial charge in [-0.25, -0.2) is 4.68 Å². The lowest BCUT2D eigenvalue weighted by Crippen LogP contribution is -2.27. The molecule has 1 aromatic carbocycles. The summed E-state index contributed by atoms with van der Waals surface area (Å²) < 4.78 is 6.85. The molecule has 0 aliphatic carbocycles. The first kappa shape index (κ1) is 20.5. The van der Waals surface area contributed by atoms with Crippen LogP contribution in [0.25, 0.3) is 5.82 Å². The van der Waals surface area contributed by atoms with Crippen molar-refractivity contribution in [2.45, 2.75) is 26.7 Å². The summed E-state index contributed by atoms with van der Waals surface area (Å²) >= 11 is 0. The second kappa shape index (κ2) is 8.95. The summed E-state index contributed by atoms with van der Waals surface area (Å²) in [6, 6.07) is 10.4. The van der Waals surface area contributed by atoms with Crippen molar-refractivity contribution in [2.75, 3.05) is 25.0 Å². The van der Waals surface area contributed by atoms with Crippen LogP contribution in [0, 0.1) is 6.92 Å². The molecule has 4 rings (SSSR count). The van der Waals surface area contributed by atoms with Crippen LogP contribution in [0.4, 0.5) is 5.69 Å². The molecule has 2 aromatic heterocycles. The Morgan fingerprint density at radius 2 is 1.81 bits per heavy atom. The van der Waals surface area contributed by atoms with Crippen molar-refractivity contribution in [1.29, 1.82) is 0 Å². The summed E-state index contributed by atoms with van der Waals surface area (Å²) in [5.41, 5.74) is 2.29. The number of likely N-dealkylation sites (tertiary alicyclic amines) is 1. The van der Waals surface area contributed by atoms with E-state index >= 15 is 0 Å². The first-order chi connectivity index (χ1) is 15.1. The second-order valence-electron chi connectivity index (χ2n) is 7.25. The maximum absolute atomic E-state index is 12.8. The largest absolute Gasteiger partial charge is 0.477 e. The number of anilines is 1. The van der Waals surface area contributed by atoms with E-state index in [9.17, 15) is 9.59 Å². The first-order valence-corrected chi connectivity index (χ1v) is 10.3. The number of rotatable bonds is 6. The second-order valence-corrected chi connectivity index (χ2v) is 7.25. The molecule has 3 aromatic rings. The lowest BCUT2D eigenvalue weighted by atomic mass is 10.1. The predicted octanol–water partition coefficient (Wildman–Crippen LogP) is 2.86. The standard InChI is InChI=1S/C22H24N6O3/c1-3-31-20-11-10-19(25-26-20)28-15(2)18(14-23-28)21(29)24-17-8-6-16(7-9-17)22(30)27-12-4-5-13-27/h6-11,14H,3-5,12-13H2,1-2H3,(H,24,29). The number of hydrogen-bond donors (Lipinski definition) is 1. The van der Waals surface area contributed by atoms with Gasteiger partial charge in [-0.05, 0) is 57.0 Å². The molecule has 0 spiro atoms. The number of carbonyl (C=O) groups is 2. The quantitative estimate of drug-likeness (QED) is 0.658. The van der Waals surface area contributed by atoms with Gasteiger partial charge in [0.2, 0.25) is 5.88 Å². The maximum atomic E-state index is 12.8. The van der Waals surface area contributed by atoms with Crippen LogP contribution in [0.5, 0.6) is 5.88 Å². The molecule has 1 fully saturated rings. The minimum atomic E-state index is -0.290. The third-order valence-corrected chi connectivity index (χ3v) is 5.17. The van der Waals surface area contributed by atoms with Gasteiger partial charge in [-0.2, -0.15) is 5.10 Å². The zero-order valence-corrected chi connectivity index (χ0v) is 17.5. The summed E-state index contributed by atoms with van der Waals surface area (Å²) in [5.74, 6) is 0.663. The van der Waals surface area contributed by atoms with E-state index < -0.39 is 0 Å². The molecule has 9 heteroatoms. The highest BCUT2D eigenvalue weighted by Crippen LogP contribution is 2.18. The molecule has 1 N–H and O–H groups in total. The minimum Gasteiger partial charge on any atom is -0.477 e. The topological polar surface area (TPSA) is 102 Å². The third kappa shape index (κ3) is 4.40. The van der Waals surface area contributed by atoms with Gasteiger partial charge in [0.15, 0.2) is 5.82 Å². The van der Waals surface area contributed by atoms with E-state index in [0.29, 0.717) is 40.8 Å². The molecule has 0 saturated carbocycles. The van der Waals surface area contributed by atoms with Gasteiger partial charge in [0.05, 0.1) is 24.1 Å². The number of ether oxygens (including phenoxy) is 1. The van der Waals surface area contributed by atoms with Crippen LogP contribution in [0.2, 0.25) is 0 Å². The summed E-state index contributed by atoms with van der Waals surface area (Å²) in [6.45, 7) is 5.78. The number of benzene rings is 1. The SMILES string of the molecule is CCOc1ccc(-n2ncc(C(=O)Nc3ccc(C(=O)N4CCCC4)cc3)c2C)nn1. The number of aromatic nitrogens is 4.